The molecule has 1 aliphatic rings. The molecular formula is C14H26N2O4. The van der Waals surface area contributed by atoms with Crippen LogP contribution in [0.1, 0.15) is 39.0 Å². The number of carbonyl (C=O) groups excluding carboxylic acids is 1. The molecule has 0 aromatic rings. The molecule has 20 heavy (non-hydrogen) atoms. The van der Waals surface area contributed by atoms with Crippen molar-refractivity contribution in [3.05, 3.63) is 0 Å². The third kappa shape index (κ3) is 5.09. The first-order valence-electron chi connectivity index (χ1n) is 7.28. The van der Waals surface area contributed by atoms with E-state index in [1.54, 1.807) is 0 Å². The van der Waals surface area contributed by atoms with Crippen molar-refractivity contribution in [1.29, 1.82) is 0 Å². The fraction of sp³-hybridized carbons (Fsp3) is 0.857. The van der Waals surface area contributed by atoms with E-state index in [2.05, 4.69) is 5.32 Å². The number of amides is 1. The molecule has 1 unspecified atom stereocenters. The predicted molar refractivity (Wildman–Crippen MR) is 75.2 cm³/mol. The van der Waals surface area contributed by atoms with E-state index in [1.807, 2.05) is 6.92 Å². The third-order valence-corrected chi connectivity index (χ3v) is 4.10. The number of carboxylic acids is 1. The number of carbonyl (C=O) groups is 2. The lowest BCUT2D eigenvalue weighted by atomic mass is 9.79. The van der Waals surface area contributed by atoms with E-state index < -0.39 is 11.4 Å². The summed E-state index contributed by atoms with van der Waals surface area (Å²) in [6, 6.07) is 0. The minimum atomic E-state index is -0.773. The van der Waals surface area contributed by atoms with Crippen molar-refractivity contribution in [3.8, 4) is 0 Å². The van der Waals surface area contributed by atoms with Gasteiger partial charge in [0.05, 0.1) is 5.41 Å². The van der Waals surface area contributed by atoms with Crippen LogP contribution < -0.4 is 11.1 Å². The van der Waals surface area contributed by atoms with Gasteiger partial charge in [-0.1, -0.05) is 6.92 Å². The Morgan fingerprint density at radius 3 is 2.55 bits per heavy atom. The monoisotopic (exact) mass is 286 g/mol. The number of carboxylic acid groups (broad SMARTS) is 1. The van der Waals surface area contributed by atoms with Gasteiger partial charge in [0.2, 0.25) is 5.91 Å². The van der Waals surface area contributed by atoms with Gasteiger partial charge in [-0.05, 0) is 31.6 Å². The second kappa shape index (κ2) is 8.21. The molecule has 0 aliphatic carbocycles. The molecule has 1 atom stereocenters. The molecule has 4 N–H and O–H groups in total. The average molecular weight is 286 g/mol. The van der Waals surface area contributed by atoms with E-state index in [9.17, 15) is 9.59 Å². The maximum atomic E-state index is 12.3. The third-order valence-electron chi connectivity index (χ3n) is 4.10. The number of hydrogen-bond acceptors (Lipinski definition) is 4. The van der Waals surface area contributed by atoms with Gasteiger partial charge in [-0.25, -0.2) is 0 Å². The zero-order chi connectivity index (χ0) is 15.0. The Bertz CT molecular complexity index is 327. The van der Waals surface area contributed by atoms with E-state index in [1.165, 1.54) is 0 Å². The molecule has 1 aliphatic heterocycles. The maximum Gasteiger partial charge on any atom is 0.303 e. The number of hydrogen-bond donors (Lipinski definition) is 3. The first kappa shape index (κ1) is 16.9. The Morgan fingerprint density at radius 1 is 1.35 bits per heavy atom. The van der Waals surface area contributed by atoms with Crippen LogP contribution in [-0.4, -0.2) is 43.3 Å². The summed E-state index contributed by atoms with van der Waals surface area (Å²) in [5.41, 5.74) is 5.29. The first-order chi connectivity index (χ1) is 9.50. The number of ether oxygens (including phenoxy) is 1. The number of rotatable bonds is 8. The molecule has 6 nitrogen and oxygen atoms in total. The molecule has 0 aromatic carbocycles. The zero-order valence-corrected chi connectivity index (χ0v) is 12.2. The van der Waals surface area contributed by atoms with Crippen molar-refractivity contribution in [2.45, 2.75) is 39.0 Å². The molecule has 1 rings (SSSR count). The number of nitrogens with two attached hydrogens (primary N) is 1. The quantitative estimate of drug-likeness (QED) is 0.611. The largest absolute Gasteiger partial charge is 0.481 e. The highest BCUT2D eigenvalue weighted by molar-refractivity contribution is 5.83. The Balaban J connectivity index is 2.29. The normalized spacial score (nSPS) is 19.3. The van der Waals surface area contributed by atoms with Gasteiger partial charge in [-0.15, -0.1) is 0 Å². The summed E-state index contributed by atoms with van der Waals surface area (Å²) in [7, 11) is 0. The van der Waals surface area contributed by atoms with E-state index in [4.69, 9.17) is 15.6 Å². The molecule has 0 aromatic heterocycles. The number of nitrogens with one attached hydrogen (secondary N) is 1. The Morgan fingerprint density at radius 2 is 2.00 bits per heavy atom. The first-order valence-corrected chi connectivity index (χ1v) is 7.28. The van der Waals surface area contributed by atoms with Crippen LogP contribution in [0.2, 0.25) is 0 Å². The van der Waals surface area contributed by atoms with Crippen molar-refractivity contribution < 1.29 is 19.4 Å². The zero-order valence-electron chi connectivity index (χ0n) is 12.2. The summed E-state index contributed by atoms with van der Waals surface area (Å²) in [6.45, 7) is 4.08. The molecule has 6 heteroatoms. The summed E-state index contributed by atoms with van der Waals surface area (Å²) < 4.78 is 5.28. The second-order valence-electron chi connectivity index (χ2n) is 5.68. The lowest BCUT2D eigenvalue weighted by Gasteiger charge is -2.34. The van der Waals surface area contributed by atoms with Gasteiger partial charge < -0.3 is 20.9 Å². The number of aliphatic carboxylic acids is 1. The highest BCUT2D eigenvalue weighted by Crippen LogP contribution is 2.29. The van der Waals surface area contributed by atoms with E-state index >= 15 is 0 Å². The molecule has 1 amide bonds. The summed E-state index contributed by atoms with van der Waals surface area (Å²) >= 11 is 0. The minimum Gasteiger partial charge on any atom is -0.481 e. The van der Waals surface area contributed by atoms with Crippen LogP contribution in [0.15, 0.2) is 0 Å². The Labute approximate surface area is 120 Å². The van der Waals surface area contributed by atoms with Gasteiger partial charge in [-0.3, -0.25) is 9.59 Å². The lowest BCUT2D eigenvalue weighted by molar-refractivity contribution is -0.137. The molecule has 1 heterocycles. The van der Waals surface area contributed by atoms with Gasteiger partial charge in [0.25, 0.3) is 0 Å². The van der Waals surface area contributed by atoms with Crippen LogP contribution in [0.4, 0.5) is 0 Å². The Hall–Kier alpha value is -1.14. The van der Waals surface area contributed by atoms with Crippen molar-refractivity contribution in [2.24, 2.45) is 17.1 Å². The van der Waals surface area contributed by atoms with Crippen LogP contribution in [0.5, 0.6) is 0 Å². The smallest absolute Gasteiger partial charge is 0.303 e. The topological polar surface area (TPSA) is 102 Å². The molecule has 1 fully saturated rings. The molecule has 1 saturated heterocycles. The highest BCUT2D eigenvalue weighted by atomic mass is 16.5. The SMILES string of the molecule is CC(CCNC(=O)C1(CN)CCOCC1)CCC(=O)O. The fourth-order valence-corrected chi connectivity index (χ4v) is 2.42. The second-order valence-corrected chi connectivity index (χ2v) is 5.68. The van der Waals surface area contributed by atoms with Gasteiger partial charge >= 0.3 is 5.97 Å². The molecule has 0 radical (unpaired) electrons. The highest BCUT2D eigenvalue weighted by Gasteiger charge is 2.38. The van der Waals surface area contributed by atoms with Crippen molar-refractivity contribution in [2.75, 3.05) is 26.3 Å². The molecular weight excluding hydrogens is 260 g/mol. The van der Waals surface area contributed by atoms with Gasteiger partial charge in [0, 0.05) is 32.7 Å². The van der Waals surface area contributed by atoms with E-state index in [0.29, 0.717) is 45.6 Å². The summed E-state index contributed by atoms with van der Waals surface area (Å²) in [6.07, 6.45) is 2.95. The fourth-order valence-electron chi connectivity index (χ4n) is 2.42. The minimum absolute atomic E-state index is 0.00809. The van der Waals surface area contributed by atoms with Crippen LogP contribution in [0.3, 0.4) is 0 Å². The van der Waals surface area contributed by atoms with Gasteiger partial charge in [0.1, 0.15) is 0 Å². The van der Waals surface area contributed by atoms with E-state index in [0.717, 1.165) is 6.42 Å². The van der Waals surface area contributed by atoms with E-state index in [-0.39, 0.29) is 18.2 Å². The van der Waals surface area contributed by atoms with Crippen molar-refractivity contribution in [1.82, 2.24) is 5.32 Å². The standard InChI is InChI=1S/C14H26N2O4/c1-11(2-3-12(17)18)4-7-16-13(19)14(10-15)5-8-20-9-6-14/h11H,2-10,15H2,1H3,(H,16,19)(H,17,18). The van der Waals surface area contributed by atoms with Crippen LogP contribution in [0, 0.1) is 11.3 Å². The lowest BCUT2D eigenvalue weighted by Crippen LogP contribution is -2.49. The van der Waals surface area contributed by atoms with Crippen LogP contribution in [0.25, 0.3) is 0 Å². The van der Waals surface area contributed by atoms with Crippen LogP contribution in [-0.2, 0) is 14.3 Å². The molecule has 116 valence electrons. The summed E-state index contributed by atoms with van der Waals surface area (Å²) in [5, 5.41) is 11.6. The average Bonchev–Trinajstić information content (AvgIpc) is 2.45. The van der Waals surface area contributed by atoms with Crippen molar-refractivity contribution >= 4 is 11.9 Å². The van der Waals surface area contributed by atoms with Gasteiger partial charge in [0.15, 0.2) is 0 Å². The van der Waals surface area contributed by atoms with Crippen molar-refractivity contribution in [3.63, 3.8) is 0 Å². The molecule has 0 saturated carbocycles. The summed E-state index contributed by atoms with van der Waals surface area (Å²) in [4.78, 5) is 22.7. The summed E-state index contributed by atoms with van der Waals surface area (Å²) in [5.74, 6) is -0.478. The molecule has 0 bridgehead atoms. The Kier molecular flexibility index (Phi) is 6.95. The maximum absolute atomic E-state index is 12.3. The molecule has 0 spiro atoms. The van der Waals surface area contributed by atoms with Crippen LogP contribution >= 0.6 is 0 Å². The van der Waals surface area contributed by atoms with Gasteiger partial charge in [-0.2, -0.15) is 0 Å². The predicted octanol–water partition coefficient (Wildman–Crippen LogP) is 0.749.